The third kappa shape index (κ3) is 10.7. The van der Waals surface area contributed by atoms with Crippen LogP contribution in [0.1, 0.15) is 44.2 Å². The second-order valence-electron chi connectivity index (χ2n) is 10.1. The third-order valence-electron chi connectivity index (χ3n) is 6.51. The summed E-state index contributed by atoms with van der Waals surface area (Å²) in [6, 6.07) is 10.8. The molecule has 0 fully saturated rings. The van der Waals surface area contributed by atoms with E-state index in [0.29, 0.717) is 24.9 Å². The quantitative estimate of drug-likeness (QED) is 0.148. The summed E-state index contributed by atoms with van der Waals surface area (Å²) >= 11 is 0. The van der Waals surface area contributed by atoms with Crippen LogP contribution in [0.15, 0.2) is 54.6 Å². The van der Waals surface area contributed by atoms with Crippen LogP contribution >= 0.6 is 0 Å². The molecule has 0 saturated heterocycles. The number of carboxylic acid groups (broad SMARTS) is 1. The lowest BCUT2D eigenvalue weighted by Gasteiger charge is -2.26. The molecule has 4 unspecified atom stereocenters. The number of amides is 3. The number of carbonyl (C=O) groups excluding carboxylic acids is 3. The second-order valence-corrected chi connectivity index (χ2v) is 10.1. The van der Waals surface area contributed by atoms with Crippen LogP contribution in [0.5, 0.6) is 5.75 Å². The van der Waals surface area contributed by atoms with Crippen LogP contribution in [-0.4, -0.2) is 64.6 Å². The van der Waals surface area contributed by atoms with E-state index in [2.05, 4.69) is 16.0 Å². The molecular formula is C29H41N5O6. The van der Waals surface area contributed by atoms with Crippen LogP contribution in [0.2, 0.25) is 0 Å². The molecule has 0 heterocycles. The van der Waals surface area contributed by atoms with Gasteiger partial charge in [-0.3, -0.25) is 14.4 Å². The predicted octanol–water partition coefficient (Wildman–Crippen LogP) is 0.829. The van der Waals surface area contributed by atoms with Gasteiger partial charge in [-0.05, 0) is 55.0 Å². The van der Waals surface area contributed by atoms with Crippen molar-refractivity contribution in [3.05, 3.63) is 65.7 Å². The van der Waals surface area contributed by atoms with E-state index in [1.54, 1.807) is 56.3 Å². The normalized spacial score (nSPS) is 14.0. The van der Waals surface area contributed by atoms with Crippen LogP contribution < -0.4 is 27.4 Å². The Morgan fingerprint density at radius 1 is 0.750 bits per heavy atom. The molecule has 2 rings (SSSR count). The zero-order valence-electron chi connectivity index (χ0n) is 23.0. The summed E-state index contributed by atoms with van der Waals surface area (Å²) in [4.78, 5) is 51.4. The molecular weight excluding hydrogens is 514 g/mol. The molecule has 218 valence electrons. The molecule has 0 aromatic heterocycles. The molecule has 2 aromatic carbocycles. The summed E-state index contributed by atoms with van der Waals surface area (Å²) < 4.78 is 0. The minimum Gasteiger partial charge on any atom is -0.508 e. The number of unbranched alkanes of at least 4 members (excludes halogenated alkanes) is 1. The molecule has 0 spiro atoms. The van der Waals surface area contributed by atoms with E-state index in [1.807, 2.05) is 0 Å². The Kier molecular flexibility index (Phi) is 13.1. The maximum atomic E-state index is 13.4. The number of aromatic hydroxyl groups is 1. The maximum absolute atomic E-state index is 13.4. The molecule has 11 nitrogen and oxygen atoms in total. The Morgan fingerprint density at radius 3 is 1.85 bits per heavy atom. The van der Waals surface area contributed by atoms with Gasteiger partial charge in [-0.1, -0.05) is 56.3 Å². The van der Waals surface area contributed by atoms with Crippen molar-refractivity contribution in [3.63, 3.8) is 0 Å². The fourth-order valence-electron chi connectivity index (χ4n) is 4.00. The van der Waals surface area contributed by atoms with Gasteiger partial charge in [-0.25, -0.2) is 4.79 Å². The zero-order valence-corrected chi connectivity index (χ0v) is 23.0. The van der Waals surface area contributed by atoms with E-state index in [0.717, 1.165) is 5.56 Å². The first-order chi connectivity index (χ1) is 19.0. The van der Waals surface area contributed by atoms with Gasteiger partial charge < -0.3 is 37.6 Å². The van der Waals surface area contributed by atoms with E-state index in [4.69, 9.17) is 11.5 Å². The highest BCUT2D eigenvalue weighted by atomic mass is 16.4. The standard InChI is InChI=1S/C29H41N5O6/c1-18(2)25(31)28(38)32-22(10-6-7-15-30)26(36)33-23(16-20-11-13-21(35)14-12-20)27(37)34-24(29(39)40)17-19-8-4-3-5-9-19/h3-5,8-9,11-14,18,22-25,35H,6-7,10,15-17,30-31H2,1-2H3,(H,32,38)(H,33,36)(H,34,37)(H,39,40). The molecule has 0 bridgehead atoms. The first-order valence-corrected chi connectivity index (χ1v) is 13.4. The highest BCUT2D eigenvalue weighted by molar-refractivity contribution is 5.94. The molecule has 3 amide bonds. The maximum Gasteiger partial charge on any atom is 0.326 e. The molecule has 0 aliphatic carbocycles. The van der Waals surface area contributed by atoms with Crippen molar-refractivity contribution in [2.45, 2.75) is 70.1 Å². The van der Waals surface area contributed by atoms with Crippen molar-refractivity contribution in [1.82, 2.24) is 16.0 Å². The average molecular weight is 556 g/mol. The van der Waals surface area contributed by atoms with Crippen molar-refractivity contribution in [2.75, 3.05) is 6.54 Å². The lowest BCUT2D eigenvalue weighted by atomic mass is 10.0. The number of phenols is 1. The SMILES string of the molecule is CC(C)C(N)C(=O)NC(CCCCN)C(=O)NC(Cc1ccc(O)cc1)C(=O)NC(Cc1ccccc1)C(=O)O. The molecule has 0 radical (unpaired) electrons. The Hall–Kier alpha value is -3.96. The molecule has 9 N–H and O–H groups in total. The van der Waals surface area contributed by atoms with Crippen molar-refractivity contribution < 1.29 is 29.4 Å². The number of carboxylic acids is 1. The number of rotatable bonds is 16. The number of nitrogens with two attached hydrogens (primary N) is 2. The smallest absolute Gasteiger partial charge is 0.326 e. The van der Waals surface area contributed by atoms with Crippen molar-refractivity contribution in [1.29, 1.82) is 0 Å². The number of hydrogen-bond donors (Lipinski definition) is 7. The van der Waals surface area contributed by atoms with E-state index in [1.165, 1.54) is 12.1 Å². The molecule has 40 heavy (non-hydrogen) atoms. The van der Waals surface area contributed by atoms with E-state index < -0.39 is 47.9 Å². The van der Waals surface area contributed by atoms with Crippen molar-refractivity contribution in [2.24, 2.45) is 17.4 Å². The van der Waals surface area contributed by atoms with Crippen LogP contribution in [-0.2, 0) is 32.0 Å². The van der Waals surface area contributed by atoms with E-state index >= 15 is 0 Å². The molecule has 0 saturated carbocycles. The number of nitrogens with one attached hydrogen (secondary N) is 3. The molecule has 4 atom stereocenters. The lowest BCUT2D eigenvalue weighted by Crippen LogP contribution is -2.58. The summed E-state index contributed by atoms with van der Waals surface area (Å²) in [7, 11) is 0. The first kappa shape index (κ1) is 32.3. The third-order valence-corrected chi connectivity index (χ3v) is 6.51. The second kappa shape index (κ2) is 16.2. The van der Waals surface area contributed by atoms with E-state index in [9.17, 15) is 29.4 Å². The number of hydrogen-bond acceptors (Lipinski definition) is 7. The van der Waals surface area contributed by atoms with Crippen LogP contribution in [0, 0.1) is 5.92 Å². The first-order valence-electron chi connectivity index (χ1n) is 13.4. The summed E-state index contributed by atoms with van der Waals surface area (Å²) in [6.45, 7) is 4.00. The van der Waals surface area contributed by atoms with Gasteiger partial charge in [0.1, 0.15) is 23.9 Å². The zero-order chi connectivity index (χ0) is 29.7. The van der Waals surface area contributed by atoms with Gasteiger partial charge in [0.25, 0.3) is 0 Å². The van der Waals surface area contributed by atoms with Crippen molar-refractivity contribution in [3.8, 4) is 5.75 Å². The van der Waals surface area contributed by atoms with Gasteiger partial charge in [-0.2, -0.15) is 0 Å². The Bertz CT molecular complexity index is 1110. The Labute approximate surface area is 234 Å². The number of aliphatic carboxylic acids is 1. The molecule has 2 aromatic rings. The Balaban J connectivity index is 2.27. The van der Waals surface area contributed by atoms with Gasteiger partial charge >= 0.3 is 5.97 Å². The van der Waals surface area contributed by atoms with Crippen LogP contribution in [0.3, 0.4) is 0 Å². The van der Waals surface area contributed by atoms with E-state index in [-0.39, 0.29) is 30.9 Å². The van der Waals surface area contributed by atoms with Gasteiger partial charge in [0.05, 0.1) is 6.04 Å². The van der Waals surface area contributed by atoms with Gasteiger partial charge in [0.15, 0.2) is 0 Å². The van der Waals surface area contributed by atoms with Crippen molar-refractivity contribution >= 4 is 23.7 Å². The minimum absolute atomic E-state index is 0.0184. The van der Waals surface area contributed by atoms with Crippen LogP contribution in [0.25, 0.3) is 0 Å². The van der Waals surface area contributed by atoms with Gasteiger partial charge in [0, 0.05) is 12.8 Å². The summed E-state index contributed by atoms with van der Waals surface area (Å²) in [5.74, 6) is -3.13. The molecule has 0 aliphatic rings. The van der Waals surface area contributed by atoms with Gasteiger partial charge in [-0.15, -0.1) is 0 Å². The topological polar surface area (TPSA) is 197 Å². The monoisotopic (exact) mass is 555 g/mol. The summed E-state index contributed by atoms with van der Waals surface area (Å²) in [5.41, 5.74) is 12.9. The fraction of sp³-hybridized carbons (Fsp3) is 0.448. The average Bonchev–Trinajstić information content (AvgIpc) is 2.92. The number of phenolic OH excluding ortho intramolecular Hbond substituents is 1. The van der Waals surface area contributed by atoms with Gasteiger partial charge in [0.2, 0.25) is 17.7 Å². The lowest BCUT2D eigenvalue weighted by molar-refractivity contribution is -0.142. The minimum atomic E-state index is -1.24. The van der Waals surface area contributed by atoms with Crippen LogP contribution in [0.4, 0.5) is 0 Å². The Morgan fingerprint density at radius 2 is 1.27 bits per heavy atom. The molecule has 0 aliphatic heterocycles. The fourth-order valence-corrected chi connectivity index (χ4v) is 4.00. The summed E-state index contributed by atoms with van der Waals surface area (Å²) in [5, 5.41) is 27.3. The highest BCUT2D eigenvalue weighted by Gasteiger charge is 2.31. The highest BCUT2D eigenvalue weighted by Crippen LogP contribution is 2.13. The number of benzene rings is 2. The predicted molar refractivity (Wildman–Crippen MR) is 151 cm³/mol. The largest absolute Gasteiger partial charge is 0.508 e. The summed E-state index contributed by atoms with van der Waals surface area (Å²) in [6.07, 6.45) is 1.53. The molecule has 11 heteroatoms. The number of carbonyl (C=O) groups is 4.